The van der Waals surface area contributed by atoms with Gasteiger partial charge in [-0.2, -0.15) is 0 Å². The number of carbonyl (C=O) groups is 1. The first-order chi connectivity index (χ1) is 16.6. The van der Waals surface area contributed by atoms with E-state index in [-0.39, 0.29) is 24.8 Å². The number of aromatic nitrogens is 2. The summed E-state index contributed by atoms with van der Waals surface area (Å²) >= 11 is 0. The number of hydrogen-bond donors (Lipinski definition) is 5. The average molecular weight is 464 g/mol. The third kappa shape index (κ3) is 5.62. The minimum atomic E-state index is -0.533. The maximum Gasteiger partial charge on any atom is 0.271 e. The highest BCUT2D eigenvalue weighted by atomic mass is 16.3. The maximum atomic E-state index is 12.8. The number of nitrogens with one attached hydrogen (secondary N) is 3. The fraction of sp³-hybridized carbons (Fsp3) is 0.320. The first kappa shape index (κ1) is 23.5. The van der Waals surface area contributed by atoms with Gasteiger partial charge < -0.3 is 30.7 Å². The molecule has 0 spiro atoms. The van der Waals surface area contributed by atoms with E-state index in [2.05, 4.69) is 25.5 Å². The van der Waals surface area contributed by atoms with Gasteiger partial charge in [-0.25, -0.2) is 4.98 Å². The lowest BCUT2D eigenvalue weighted by molar-refractivity contribution is 0.102. The maximum absolute atomic E-state index is 12.8. The van der Waals surface area contributed by atoms with Crippen LogP contribution in [0.4, 0.5) is 17.2 Å². The molecule has 178 valence electrons. The summed E-state index contributed by atoms with van der Waals surface area (Å²) in [6, 6.07) is 13.7. The van der Waals surface area contributed by atoms with Crippen LogP contribution >= 0.6 is 0 Å². The molecule has 0 saturated carbocycles. The summed E-state index contributed by atoms with van der Waals surface area (Å²) in [5.74, 6) is 0.0983. The van der Waals surface area contributed by atoms with Gasteiger partial charge in [-0.15, -0.1) is 0 Å². The van der Waals surface area contributed by atoms with Crippen LogP contribution in [-0.2, 0) is 0 Å². The van der Waals surface area contributed by atoms with Crippen LogP contribution in [0, 0.1) is 0 Å². The van der Waals surface area contributed by atoms with Crippen LogP contribution in [0.5, 0.6) is 0 Å². The van der Waals surface area contributed by atoms with Crippen molar-refractivity contribution in [3.63, 3.8) is 0 Å². The van der Waals surface area contributed by atoms with Gasteiger partial charge in [0.25, 0.3) is 11.5 Å². The molecule has 1 aromatic carbocycles. The van der Waals surface area contributed by atoms with Gasteiger partial charge in [-0.1, -0.05) is 6.07 Å². The Morgan fingerprint density at radius 2 is 1.79 bits per heavy atom. The van der Waals surface area contributed by atoms with E-state index in [4.69, 9.17) is 0 Å². The van der Waals surface area contributed by atoms with E-state index < -0.39 is 11.6 Å². The number of aliphatic hydroxyl groups excluding tert-OH is 2. The van der Waals surface area contributed by atoms with Crippen molar-refractivity contribution in [2.75, 3.05) is 41.8 Å². The highest BCUT2D eigenvalue weighted by molar-refractivity contribution is 6.04. The Kier molecular flexibility index (Phi) is 7.56. The second-order valence-electron chi connectivity index (χ2n) is 8.29. The molecule has 0 aliphatic carbocycles. The molecule has 1 amide bonds. The second-order valence-corrected chi connectivity index (χ2v) is 8.29. The third-order valence-electron chi connectivity index (χ3n) is 5.84. The quantitative estimate of drug-likeness (QED) is 0.347. The van der Waals surface area contributed by atoms with E-state index in [1.165, 1.54) is 25.5 Å². The molecule has 34 heavy (non-hydrogen) atoms. The Hall–Kier alpha value is -3.69. The van der Waals surface area contributed by atoms with E-state index in [1.807, 2.05) is 12.1 Å². The number of H-pyrrole nitrogens is 1. The topological polar surface area (TPSA) is 131 Å². The van der Waals surface area contributed by atoms with E-state index in [1.54, 1.807) is 36.4 Å². The van der Waals surface area contributed by atoms with Gasteiger partial charge >= 0.3 is 0 Å². The Labute approximate surface area is 197 Å². The van der Waals surface area contributed by atoms with Gasteiger partial charge in [-0.3, -0.25) is 9.59 Å². The van der Waals surface area contributed by atoms with E-state index in [0.29, 0.717) is 22.6 Å². The summed E-state index contributed by atoms with van der Waals surface area (Å²) in [6.45, 7) is 1.57. The van der Waals surface area contributed by atoms with Crippen LogP contribution in [0.25, 0.3) is 11.3 Å². The van der Waals surface area contributed by atoms with Crippen molar-refractivity contribution in [3.8, 4) is 11.3 Å². The van der Waals surface area contributed by atoms with Crippen molar-refractivity contribution in [3.05, 3.63) is 70.6 Å². The monoisotopic (exact) mass is 463 g/mol. The molecule has 4 rings (SSSR count). The summed E-state index contributed by atoms with van der Waals surface area (Å²) in [4.78, 5) is 34.6. The van der Waals surface area contributed by atoms with Crippen LogP contribution in [0.1, 0.15) is 29.6 Å². The van der Waals surface area contributed by atoms with Gasteiger partial charge in [0.15, 0.2) is 0 Å². The summed E-state index contributed by atoms with van der Waals surface area (Å²) in [6.07, 6.45) is 5.14. The van der Waals surface area contributed by atoms with Crippen molar-refractivity contribution < 1.29 is 15.0 Å². The molecule has 1 saturated heterocycles. The molecule has 5 N–H and O–H groups in total. The average Bonchev–Trinajstić information content (AvgIpc) is 2.89. The Bertz CT molecular complexity index is 1170. The van der Waals surface area contributed by atoms with E-state index in [0.717, 1.165) is 18.8 Å². The summed E-state index contributed by atoms with van der Waals surface area (Å²) in [7, 11) is 0. The Balaban J connectivity index is 1.49. The minimum Gasteiger partial charge on any atom is -0.394 e. The van der Waals surface area contributed by atoms with Crippen LogP contribution in [0.2, 0.25) is 0 Å². The zero-order valence-corrected chi connectivity index (χ0v) is 18.8. The SMILES string of the molecule is O=C(Nc1cc(-c2cccc(NC(CO)CO)n2)c[nH]c1=O)c1ccc(N2CCCCC2)cc1. The number of carbonyl (C=O) groups excluding carboxylic acids is 1. The predicted molar refractivity (Wildman–Crippen MR) is 132 cm³/mol. The number of aliphatic hydroxyl groups is 2. The zero-order valence-electron chi connectivity index (χ0n) is 18.8. The van der Waals surface area contributed by atoms with E-state index in [9.17, 15) is 19.8 Å². The Morgan fingerprint density at radius 3 is 2.50 bits per heavy atom. The highest BCUT2D eigenvalue weighted by Crippen LogP contribution is 2.22. The molecule has 1 fully saturated rings. The van der Waals surface area contributed by atoms with Crippen molar-refractivity contribution in [1.82, 2.24) is 9.97 Å². The van der Waals surface area contributed by atoms with Crippen molar-refractivity contribution >= 4 is 23.1 Å². The molecular weight excluding hydrogens is 434 g/mol. The fourth-order valence-corrected chi connectivity index (χ4v) is 3.93. The molecule has 9 heteroatoms. The zero-order chi connectivity index (χ0) is 23.9. The van der Waals surface area contributed by atoms with Crippen LogP contribution in [0.3, 0.4) is 0 Å². The molecule has 0 bridgehead atoms. The van der Waals surface area contributed by atoms with Gasteiger partial charge in [0, 0.05) is 36.1 Å². The summed E-state index contributed by atoms with van der Waals surface area (Å²) < 4.78 is 0. The number of pyridine rings is 2. The van der Waals surface area contributed by atoms with Gasteiger partial charge in [0.2, 0.25) is 0 Å². The normalized spacial score (nSPS) is 13.7. The number of hydrogen-bond acceptors (Lipinski definition) is 7. The summed E-state index contributed by atoms with van der Waals surface area (Å²) in [5.41, 5.74) is 2.42. The molecule has 1 aliphatic rings. The number of rotatable bonds is 8. The molecule has 0 radical (unpaired) electrons. The fourth-order valence-electron chi connectivity index (χ4n) is 3.93. The Morgan fingerprint density at radius 1 is 1.06 bits per heavy atom. The van der Waals surface area contributed by atoms with Gasteiger partial charge in [0.1, 0.15) is 11.5 Å². The lowest BCUT2D eigenvalue weighted by Gasteiger charge is -2.28. The third-order valence-corrected chi connectivity index (χ3v) is 5.84. The molecule has 2 aromatic heterocycles. The van der Waals surface area contributed by atoms with E-state index >= 15 is 0 Å². The lowest BCUT2D eigenvalue weighted by Crippen LogP contribution is -2.29. The second kappa shape index (κ2) is 11.0. The van der Waals surface area contributed by atoms with Crippen molar-refractivity contribution in [2.45, 2.75) is 25.3 Å². The number of piperidine rings is 1. The first-order valence-corrected chi connectivity index (χ1v) is 11.4. The molecule has 0 unspecified atom stereocenters. The molecule has 9 nitrogen and oxygen atoms in total. The number of aromatic amines is 1. The molecule has 3 heterocycles. The van der Waals surface area contributed by atoms with Crippen LogP contribution in [0.15, 0.2) is 59.5 Å². The molecule has 0 atom stereocenters. The molecular formula is C25H29N5O4. The molecule has 3 aromatic rings. The van der Waals surface area contributed by atoms with Crippen LogP contribution in [-0.4, -0.2) is 58.4 Å². The number of anilines is 3. The van der Waals surface area contributed by atoms with Crippen LogP contribution < -0.4 is 21.1 Å². The smallest absolute Gasteiger partial charge is 0.271 e. The van der Waals surface area contributed by atoms with Gasteiger partial charge in [-0.05, 0) is 61.7 Å². The first-order valence-electron chi connectivity index (χ1n) is 11.4. The largest absolute Gasteiger partial charge is 0.394 e. The number of benzene rings is 1. The van der Waals surface area contributed by atoms with Crippen molar-refractivity contribution in [2.24, 2.45) is 0 Å². The summed E-state index contributed by atoms with van der Waals surface area (Å²) in [5, 5.41) is 24.2. The predicted octanol–water partition coefficient (Wildman–Crippen LogP) is 2.44. The molecule has 1 aliphatic heterocycles. The highest BCUT2D eigenvalue weighted by Gasteiger charge is 2.14. The number of amides is 1. The van der Waals surface area contributed by atoms with Crippen molar-refractivity contribution in [1.29, 1.82) is 0 Å². The minimum absolute atomic E-state index is 0.117. The van der Waals surface area contributed by atoms with Gasteiger partial charge in [0.05, 0.1) is 24.9 Å². The number of nitrogens with zero attached hydrogens (tertiary/aromatic N) is 2. The standard InChI is InChI=1S/C25H29N5O4/c31-15-19(16-32)27-23-6-4-5-21(28-23)18-13-22(25(34)26-14-18)29-24(33)17-7-9-20(10-8-17)30-11-2-1-3-12-30/h4-10,13-14,19,31-32H,1-3,11-12,15-16H2,(H,26,34)(H,27,28)(H,29,33). The lowest BCUT2D eigenvalue weighted by atomic mass is 10.1.